The van der Waals surface area contributed by atoms with Crippen molar-refractivity contribution in [1.29, 1.82) is 0 Å². The van der Waals surface area contributed by atoms with Crippen molar-refractivity contribution < 1.29 is 9.31 Å². The summed E-state index contributed by atoms with van der Waals surface area (Å²) in [5.74, 6) is -0.765. The van der Waals surface area contributed by atoms with E-state index in [0.717, 1.165) is 18.7 Å². The number of hydrogen-bond donors (Lipinski definition) is 0. The van der Waals surface area contributed by atoms with Crippen molar-refractivity contribution in [1.82, 2.24) is 9.80 Å². The molecule has 0 spiro atoms. The molecule has 1 heterocycles. The number of likely N-dealkylation sites (tertiary alicyclic amines) is 1. The van der Waals surface area contributed by atoms with Crippen LogP contribution in [-0.4, -0.2) is 47.9 Å². The molecule has 0 N–H and O–H groups in total. The summed E-state index contributed by atoms with van der Waals surface area (Å²) in [6.45, 7) is 2.65. The summed E-state index contributed by atoms with van der Waals surface area (Å²) in [7, 11) is 4.11. The Bertz CT molecular complexity index is 495. The van der Waals surface area contributed by atoms with Crippen molar-refractivity contribution in [3.8, 4) is 0 Å². The Labute approximate surface area is 118 Å². The van der Waals surface area contributed by atoms with Crippen LogP contribution in [0.1, 0.15) is 18.4 Å². The first-order chi connectivity index (χ1) is 9.47. The molecule has 6 heteroatoms. The van der Waals surface area contributed by atoms with E-state index in [-0.39, 0.29) is 0 Å². The zero-order valence-corrected chi connectivity index (χ0v) is 11.9. The van der Waals surface area contributed by atoms with E-state index < -0.39 is 16.4 Å². The van der Waals surface area contributed by atoms with E-state index in [9.17, 15) is 14.5 Å². The van der Waals surface area contributed by atoms with Gasteiger partial charge >= 0.3 is 5.69 Å². The van der Waals surface area contributed by atoms with Crippen molar-refractivity contribution in [2.45, 2.75) is 25.4 Å². The van der Waals surface area contributed by atoms with Crippen LogP contribution >= 0.6 is 0 Å². The minimum Gasteiger partial charge on any atom is -0.302 e. The van der Waals surface area contributed by atoms with Crippen molar-refractivity contribution in [2.24, 2.45) is 0 Å². The molecule has 20 heavy (non-hydrogen) atoms. The summed E-state index contributed by atoms with van der Waals surface area (Å²) < 4.78 is 13.5. The van der Waals surface area contributed by atoms with Crippen LogP contribution < -0.4 is 0 Å². The Hall–Kier alpha value is -1.53. The molecule has 1 aliphatic rings. The Morgan fingerprint density at radius 3 is 2.85 bits per heavy atom. The van der Waals surface area contributed by atoms with Gasteiger partial charge in [0.1, 0.15) is 0 Å². The standard InChI is InChI=1S/C14H20FN3O2/c1-16(10-12-4-3-7-17(12)2)9-11-5-6-14(18(19)20)13(15)8-11/h5-6,8,12H,3-4,7,9-10H2,1-2H3. The van der Waals surface area contributed by atoms with Crippen LogP contribution in [0.4, 0.5) is 10.1 Å². The average Bonchev–Trinajstić information content (AvgIpc) is 2.74. The minimum atomic E-state index is -0.765. The molecule has 5 nitrogen and oxygen atoms in total. The third-order valence-corrected chi connectivity index (χ3v) is 3.86. The zero-order valence-electron chi connectivity index (χ0n) is 11.9. The molecule has 0 aliphatic carbocycles. The van der Waals surface area contributed by atoms with Crippen LogP contribution in [0.3, 0.4) is 0 Å². The van der Waals surface area contributed by atoms with Gasteiger partial charge in [-0.1, -0.05) is 6.07 Å². The average molecular weight is 281 g/mol. The first kappa shape index (κ1) is 14.9. The lowest BCUT2D eigenvalue weighted by Gasteiger charge is -2.25. The molecule has 110 valence electrons. The van der Waals surface area contributed by atoms with Gasteiger partial charge in [0.25, 0.3) is 0 Å². The quantitative estimate of drug-likeness (QED) is 0.613. The highest BCUT2D eigenvalue weighted by Crippen LogP contribution is 2.20. The van der Waals surface area contributed by atoms with Gasteiger partial charge in [-0.3, -0.25) is 10.1 Å². The summed E-state index contributed by atoms with van der Waals surface area (Å²) in [6.07, 6.45) is 2.41. The Morgan fingerprint density at radius 2 is 2.30 bits per heavy atom. The number of rotatable bonds is 5. The molecule has 1 unspecified atom stereocenters. The zero-order chi connectivity index (χ0) is 14.7. The third-order valence-electron chi connectivity index (χ3n) is 3.86. The maximum Gasteiger partial charge on any atom is 0.304 e. The number of nitro groups is 1. The molecule has 1 aromatic rings. The van der Waals surface area contributed by atoms with Gasteiger partial charge in [0, 0.05) is 25.2 Å². The van der Waals surface area contributed by atoms with Gasteiger partial charge < -0.3 is 9.80 Å². The topological polar surface area (TPSA) is 49.6 Å². The summed E-state index contributed by atoms with van der Waals surface area (Å²) in [4.78, 5) is 14.3. The number of benzene rings is 1. The summed E-state index contributed by atoms with van der Waals surface area (Å²) in [5, 5.41) is 10.6. The first-order valence-electron chi connectivity index (χ1n) is 6.79. The molecule has 0 amide bonds. The predicted molar refractivity (Wildman–Crippen MR) is 75.0 cm³/mol. The van der Waals surface area contributed by atoms with Crippen molar-refractivity contribution in [2.75, 3.05) is 27.2 Å². The van der Waals surface area contributed by atoms with Gasteiger partial charge in [-0.05, 0) is 45.1 Å². The van der Waals surface area contributed by atoms with Crippen molar-refractivity contribution in [3.05, 3.63) is 39.7 Å². The van der Waals surface area contributed by atoms with Crippen molar-refractivity contribution >= 4 is 5.69 Å². The highest BCUT2D eigenvalue weighted by atomic mass is 19.1. The third kappa shape index (κ3) is 3.52. The molecule has 0 bridgehead atoms. The highest BCUT2D eigenvalue weighted by Gasteiger charge is 2.22. The highest BCUT2D eigenvalue weighted by molar-refractivity contribution is 5.34. The molecule has 1 saturated heterocycles. The lowest BCUT2D eigenvalue weighted by atomic mass is 10.1. The number of likely N-dealkylation sites (N-methyl/N-ethyl adjacent to an activating group) is 2. The molecular weight excluding hydrogens is 261 g/mol. The van der Waals surface area contributed by atoms with E-state index in [0.29, 0.717) is 12.6 Å². The summed E-state index contributed by atoms with van der Waals surface area (Å²) in [5.41, 5.74) is 0.295. The molecule has 2 rings (SSSR count). The molecule has 1 atom stereocenters. The first-order valence-corrected chi connectivity index (χ1v) is 6.79. The number of halogens is 1. The maximum atomic E-state index is 13.5. The van der Waals surface area contributed by atoms with Gasteiger partial charge in [-0.2, -0.15) is 4.39 Å². The summed E-state index contributed by atoms with van der Waals surface area (Å²) >= 11 is 0. The number of nitro benzene ring substituents is 1. The van der Waals surface area contributed by atoms with Gasteiger partial charge in [0.05, 0.1) is 4.92 Å². The summed E-state index contributed by atoms with van der Waals surface area (Å²) in [6, 6.07) is 4.66. The largest absolute Gasteiger partial charge is 0.304 e. The number of nitrogens with zero attached hydrogens (tertiary/aromatic N) is 3. The van der Waals surface area contributed by atoms with Crippen LogP contribution in [-0.2, 0) is 6.54 Å². The van der Waals surface area contributed by atoms with Crippen LogP contribution in [0.5, 0.6) is 0 Å². The lowest BCUT2D eigenvalue weighted by Crippen LogP contribution is -2.36. The Kier molecular flexibility index (Phi) is 4.67. The van der Waals surface area contributed by atoms with Gasteiger partial charge in [-0.15, -0.1) is 0 Å². The molecule has 1 aromatic carbocycles. The molecule has 0 radical (unpaired) electrons. The monoisotopic (exact) mass is 281 g/mol. The normalized spacial score (nSPS) is 19.7. The van der Waals surface area contributed by atoms with Crippen LogP contribution in [0.15, 0.2) is 18.2 Å². The molecule has 1 fully saturated rings. The lowest BCUT2D eigenvalue weighted by molar-refractivity contribution is -0.387. The van der Waals surface area contributed by atoms with Crippen LogP contribution in [0.25, 0.3) is 0 Å². The van der Waals surface area contributed by atoms with E-state index in [1.165, 1.54) is 25.0 Å². The van der Waals surface area contributed by atoms with Crippen LogP contribution in [0.2, 0.25) is 0 Å². The molecular formula is C14H20FN3O2. The molecule has 1 aliphatic heterocycles. The van der Waals surface area contributed by atoms with Crippen molar-refractivity contribution in [3.63, 3.8) is 0 Å². The second kappa shape index (κ2) is 6.28. The second-order valence-electron chi connectivity index (χ2n) is 5.52. The Morgan fingerprint density at radius 1 is 1.55 bits per heavy atom. The van der Waals surface area contributed by atoms with E-state index in [4.69, 9.17) is 0 Å². The number of hydrogen-bond acceptors (Lipinski definition) is 4. The molecule has 0 aromatic heterocycles. The van der Waals surface area contributed by atoms with E-state index in [1.54, 1.807) is 6.07 Å². The smallest absolute Gasteiger partial charge is 0.302 e. The fourth-order valence-corrected chi connectivity index (χ4v) is 2.74. The van der Waals surface area contributed by atoms with E-state index in [2.05, 4.69) is 16.8 Å². The molecule has 0 saturated carbocycles. The van der Waals surface area contributed by atoms with E-state index in [1.807, 2.05) is 7.05 Å². The fraction of sp³-hybridized carbons (Fsp3) is 0.571. The Balaban J connectivity index is 1.95. The van der Waals surface area contributed by atoms with Gasteiger partial charge in [0.2, 0.25) is 5.82 Å². The second-order valence-corrected chi connectivity index (χ2v) is 5.52. The maximum absolute atomic E-state index is 13.5. The van der Waals surface area contributed by atoms with Gasteiger partial charge in [-0.25, -0.2) is 0 Å². The van der Waals surface area contributed by atoms with E-state index >= 15 is 0 Å². The predicted octanol–water partition coefficient (Wildman–Crippen LogP) is 2.26. The van der Waals surface area contributed by atoms with Gasteiger partial charge in [0.15, 0.2) is 0 Å². The SMILES string of the molecule is CN(Cc1ccc([N+](=O)[O-])c(F)c1)CC1CCCN1C. The van der Waals surface area contributed by atoms with Crippen LogP contribution in [0, 0.1) is 15.9 Å². The minimum absolute atomic E-state index is 0.466. The fourth-order valence-electron chi connectivity index (χ4n) is 2.74.